The average molecular weight is 415 g/mol. The second-order valence-electron chi connectivity index (χ2n) is 5.55. The Bertz CT molecular complexity index is 935. The molecule has 3 rings (SSSR count). The maximum absolute atomic E-state index is 12.7. The van der Waals surface area contributed by atoms with E-state index in [4.69, 9.17) is 4.74 Å². The number of rotatable bonds is 3. The van der Waals surface area contributed by atoms with Crippen molar-refractivity contribution < 1.29 is 19.1 Å². The van der Waals surface area contributed by atoms with Crippen LogP contribution in [-0.2, 0) is 14.3 Å². The monoisotopic (exact) mass is 414 g/mol. The SMILES string of the molecule is CCOC(=O)c1ccc(N=C2C(=O)N(C(C)=O)c3ccc(Br)cc32)cc1. The maximum Gasteiger partial charge on any atom is 0.338 e. The Morgan fingerprint density at radius 3 is 2.46 bits per heavy atom. The van der Waals surface area contributed by atoms with Crippen molar-refractivity contribution in [3.8, 4) is 0 Å². The van der Waals surface area contributed by atoms with E-state index in [-0.39, 0.29) is 11.6 Å². The number of esters is 1. The van der Waals surface area contributed by atoms with Crippen molar-refractivity contribution in [2.45, 2.75) is 13.8 Å². The molecule has 132 valence electrons. The van der Waals surface area contributed by atoms with Gasteiger partial charge in [0.05, 0.1) is 23.5 Å². The van der Waals surface area contributed by atoms with Crippen LogP contribution < -0.4 is 4.90 Å². The Morgan fingerprint density at radius 1 is 1.15 bits per heavy atom. The smallest absolute Gasteiger partial charge is 0.338 e. The number of halogens is 1. The highest BCUT2D eigenvalue weighted by atomic mass is 79.9. The molecule has 2 aromatic carbocycles. The molecule has 6 nitrogen and oxygen atoms in total. The van der Waals surface area contributed by atoms with Crippen LogP contribution in [0.2, 0.25) is 0 Å². The van der Waals surface area contributed by atoms with Gasteiger partial charge in [-0.1, -0.05) is 15.9 Å². The van der Waals surface area contributed by atoms with Crippen LogP contribution in [0.5, 0.6) is 0 Å². The van der Waals surface area contributed by atoms with Gasteiger partial charge in [-0.05, 0) is 49.4 Å². The van der Waals surface area contributed by atoms with Gasteiger partial charge in [0, 0.05) is 17.0 Å². The number of carbonyl (C=O) groups excluding carboxylic acids is 3. The van der Waals surface area contributed by atoms with E-state index in [1.165, 1.54) is 6.92 Å². The van der Waals surface area contributed by atoms with Crippen molar-refractivity contribution in [1.82, 2.24) is 0 Å². The first-order valence-electron chi connectivity index (χ1n) is 7.93. The third-order valence-corrected chi connectivity index (χ3v) is 4.29. The van der Waals surface area contributed by atoms with E-state index >= 15 is 0 Å². The Balaban J connectivity index is 2.01. The van der Waals surface area contributed by atoms with Gasteiger partial charge in [-0.15, -0.1) is 0 Å². The van der Waals surface area contributed by atoms with E-state index in [1.807, 2.05) is 0 Å². The number of aliphatic imine (C=N–C) groups is 1. The van der Waals surface area contributed by atoms with E-state index < -0.39 is 11.9 Å². The number of carbonyl (C=O) groups is 3. The van der Waals surface area contributed by atoms with E-state index in [9.17, 15) is 14.4 Å². The number of anilines is 1. The number of fused-ring (bicyclic) bond motifs is 1. The lowest BCUT2D eigenvalue weighted by atomic mass is 10.1. The summed E-state index contributed by atoms with van der Waals surface area (Å²) >= 11 is 3.37. The van der Waals surface area contributed by atoms with Crippen molar-refractivity contribution in [3.05, 3.63) is 58.1 Å². The summed E-state index contributed by atoms with van der Waals surface area (Å²) in [5.74, 6) is -1.26. The van der Waals surface area contributed by atoms with Gasteiger partial charge in [0.2, 0.25) is 5.91 Å². The van der Waals surface area contributed by atoms with Gasteiger partial charge in [-0.3, -0.25) is 9.59 Å². The number of amides is 2. The van der Waals surface area contributed by atoms with E-state index in [2.05, 4.69) is 20.9 Å². The minimum Gasteiger partial charge on any atom is -0.462 e. The number of hydrogen-bond acceptors (Lipinski definition) is 5. The van der Waals surface area contributed by atoms with Crippen molar-refractivity contribution >= 4 is 50.8 Å². The number of imide groups is 1. The zero-order chi connectivity index (χ0) is 18.8. The summed E-state index contributed by atoms with van der Waals surface area (Å²) in [5, 5.41) is 0. The van der Waals surface area contributed by atoms with Crippen LogP contribution in [-0.4, -0.2) is 30.1 Å². The number of benzene rings is 2. The molecule has 0 saturated heterocycles. The lowest BCUT2D eigenvalue weighted by Gasteiger charge is -2.11. The lowest BCUT2D eigenvalue weighted by molar-refractivity contribution is -0.121. The van der Waals surface area contributed by atoms with Gasteiger partial charge in [0.25, 0.3) is 5.91 Å². The number of ether oxygens (including phenoxy) is 1. The first-order valence-corrected chi connectivity index (χ1v) is 8.72. The number of nitrogens with zero attached hydrogens (tertiary/aromatic N) is 2. The minimum absolute atomic E-state index is 0.181. The summed E-state index contributed by atoms with van der Waals surface area (Å²) in [7, 11) is 0. The predicted octanol–water partition coefficient (Wildman–Crippen LogP) is 3.64. The molecule has 0 fully saturated rings. The third kappa shape index (κ3) is 3.30. The maximum atomic E-state index is 12.7. The highest BCUT2D eigenvalue weighted by molar-refractivity contribution is 9.10. The summed E-state index contributed by atoms with van der Waals surface area (Å²) in [6, 6.07) is 11.6. The summed E-state index contributed by atoms with van der Waals surface area (Å²) in [6.07, 6.45) is 0. The molecular formula is C19H15BrN2O4. The zero-order valence-corrected chi connectivity index (χ0v) is 15.7. The van der Waals surface area contributed by atoms with Crippen LogP contribution >= 0.6 is 15.9 Å². The molecule has 0 spiro atoms. The van der Waals surface area contributed by atoms with Crippen LogP contribution in [0.25, 0.3) is 0 Å². The van der Waals surface area contributed by atoms with Crippen LogP contribution in [0.4, 0.5) is 11.4 Å². The third-order valence-electron chi connectivity index (χ3n) is 3.79. The topological polar surface area (TPSA) is 76.0 Å². The fraction of sp³-hybridized carbons (Fsp3) is 0.158. The molecule has 0 unspecified atom stereocenters. The lowest BCUT2D eigenvalue weighted by Crippen LogP contribution is -2.34. The second-order valence-corrected chi connectivity index (χ2v) is 6.46. The first-order chi connectivity index (χ1) is 12.4. The molecule has 0 N–H and O–H groups in total. The standard InChI is InChI=1S/C19H15BrN2O4/c1-3-26-19(25)12-4-7-14(8-5-12)21-17-15-10-13(20)6-9-16(15)22(11(2)23)18(17)24/h4-10H,3H2,1-2H3. The predicted molar refractivity (Wildman–Crippen MR) is 101 cm³/mol. The van der Waals surface area contributed by atoms with Crippen LogP contribution in [0.15, 0.2) is 51.9 Å². The molecule has 2 aromatic rings. The van der Waals surface area contributed by atoms with Crippen molar-refractivity contribution in [2.24, 2.45) is 4.99 Å². The second kappa shape index (κ2) is 7.21. The van der Waals surface area contributed by atoms with Gasteiger partial charge in [0.1, 0.15) is 5.71 Å². The molecular weight excluding hydrogens is 400 g/mol. The molecule has 0 radical (unpaired) electrons. The summed E-state index contributed by atoms with van der Waals surface area (Å²) < 4.78 is 5.72. The molecule has 26 heavy (non-hydrogen) atoms. The summed E-state index contributed by atoms with van der Waals surface area (Å²) in [6.45, 7) is 3.37. The first kappa shape index (κ1) is 18.0. The Kier molecular flexibility index (Phi) is 4.99. The van der Waals surface area contributed by atoms with E-state index in [0.29, 0.717) is 29.1 Å². The van der Waals surface area contributed by atoms with Crippen molar-refractivity contribution in [2.75, 3.05) is 11.5 Å². The largest absolute Gasteiger partial charge is 0.462 e. The molecule has 2 amide bonds. The summed E-state index contributed by atoms with van der Waals surface area (Å²) in [4.78, 5) is 41.8. The van der Waals surface area contributed by atoms with Gasteiger partial charge >= 0.3 is 5.97 Å². The molecule has 1 aliphatic rings. The Hall–Kier alpha value is -2.80. The van der Waals surface area contributed by atoms with Crippen LogP contribution in [0.1, 0.15) is 29.8 Å². The molecule has 0 saturated carbocycles. The van der Waals surface area contributed by atoms with E-state index in [1.54, 1.807) is 49.4 Å². The molecule has 0 atom stereocenters. The fourth-order valence-corrected chi connectivity index (χ4v) is 3.02. The van der Waals surface area contributed by atoms with Crippen molar-refractivity contribution in [1.29, 1.82) is 0 Å². The highest BCUT2D eigenvalue weighted by Gasteiger charge is 2.36. The van der Waals surface area contributed by atoms with Crippen LogP contribution in [0, 0.1) is 0 Å². The van der Waals surface area contributed by atoms with Gasteiger partial charge in [-0.25, -0.2) is 14.7 Å². The quantitative estimate of drug-likeness (QED) is 0.718. The molecule has 7 heteroatoms. The average Bonchev–Trinajstić information content (AvgIpc) is 2.87. The van der Waals surface area contributed by atoms with E-state index in [0.717, 1.165) is 9.37 Å². The highest BCUT2D eigenvalue weighted by Crippen LogP contribution is 2.33. The Labute approximate surface area is 158 Å². The summed E-state index contributed by atoms with van der Waals surface area (Å²) in [5.41, 5.74) is 2.17. The van der Waals surface area contributed by atoms with Gasteiger partial charge < -0.3 is 4.74 Å². The molecule has 0 bridgehead atoms. The number of hydrogen-bond donors (Lipinski definition) is 0. The molecule has 1 aliphatic heterocycles. The van der Waals surface area contributed by atoms with Gasteiger partial charge in [-0.2, -0.15) is 0 Å². The molecule has 0 aliphatic carbocycles. The van der Waals surface area contributed by atoms with Crippen molar-refractivity contribution in [3.63, 3.8) is 0 Å². The Morgan fingerprint density at radius 2 is 1.85 bits per heavy atom. The molecule has 0 aromatic heterocycles. The van der Waals surface area contributed by atoms with Gasteiger partial charge in [0.15, 0.2) is 0 Å². The van der Waals surface area contributed by atoms with Crippen LogP contribution in [0.3, 0.4) is 0 Å². The minimum atomic E-state index is -0.472. The normalized spacial score (nSPS) is 14.5. The zero-order valence-electron chi connectivity index (χ0n) is 14.2. The molecule has 1 heterocycles. The fourth-order valence-electron chi connectivity index (χ4n) is 2.66.